The number of rotatable bonds is 5. The lowest BCUT2D eigenvalue weighted by atomic mass is 10.1. The minimum atomic E-state index is -0.331. The molecule has 0 unspecified atom stereocenters. The van der Waals surface area contributed by atoms with Gasteiger partial charge in [0.25, 0.3) is 0 Å². The zero-order chi connectivity index (χ0) is 11.3. The van der Waals surface area contributed by atoms with E-state index >= 15 is 0 Å². The third-order valence-electron chi connectivity index (χ3n) is 2.32. The monoisotopic (exact) mass is 209 g/mol. The van der Waals surface area contributed by atoms with Crippen LogP contribution in [0, 0.1) is 0 Å². The highest BCUT2D eigenvalue weighted by Gasteiger charge is 2.10. The number of nitrogens with one attached hydrogen (secondary N) is 1. The van der Waals surface area contributed by atoms with E-state index in [1.54, 1.807) is 14.0 Å². The summed E-state index contributed by atoms with van der Waals surface area (Å²) in [6.07, 6.45) is -0.331. The third-order valence-corrected chi connectivity index (χ3v) is 2.32. The first kappa shape index (κ1) is 12.0. The Bertz CT molecular complexity index is 299. The van der Waals surface area contributed by atoms with Crippen molar-refractivity contribution < 1.29 is 9.84 Å². The summed E-state index contributed by atoms with van der Waals surface area (Å²) in [5.74, 6) is 0.878. The molecule has 0 radical (unpaired) electrons. The predicted molar refractivity (Wildman–Crippen MR) is 61.1 cm³/mol. The summed E-state index contributed by atoms with van der Waals surface area (Å²) in [5.41, 5.74) is 1.11. The molecule has 0 saturated carbocycles. The lowest BCUT2D eigenvalue weighted by Crippen LogP contribution is -2.27. The molecule has 0 aliphatic carbocycles. The number of benzene rings is 1. The van der Waals surface area contributed by atoms with Crippen molar-refractivity contribution in [1.29, 1.82) is 0 Å². The van der Waals surface area contributed by atoms with Crippen LogP contribution in [0.15, 0.2) is 24.3 Å². The number of ether oxygens (including phenoxy) is 1. The normalized spacial score (nSPS) is 14.7. The van der Waals surface area contributed by atoms with Crippen LogP contribution < -0.4 is 10.1 Å². The number of hydrogen-bond donors (Lipinski definition) is 2. The molecule has 84 valence electrons. The van der Waals surface area contributed by atoms with Gasteiger partial charge in [0.1, 0.15) is 5.75 Å². The molecule has 0 bridgehead atoms. The molecule has 1 rings (SSSR count). The van der Waals surface area contributed by atoms with E-state index in [9.17, 15) is 5.11 Å². The highest BCUT2D eigenvalue weighted by Crippen LogP contribution is 2.23. The molecule has 3 heteroatoms. The van der Waals surface area contributed by atoms with E-state index in [0.717, 1.165) is 11.3 Å². The molecule has 0 aliphatic heterocycles. The van der Waals surface area contributed by atoms with E-state index in [0.29, 0.717) is 6.54 Å². The summed E-state index contributed by atoms with van der Waals surface area (Å²) in [5, 5.41) is 12.4. The standard InChI is InChI=1S/C12H19NO2/c1-9(14)8-13-10(2)11-6-4-5-7-12(11)15-3/h4-7,9-10,13-14H,8H2,1-3H3/t9-,10+/m0/s1. The van der Waals surface area contributed by atoms with Crippen LogP contribution in [-0.2, 0) is 0 Å². The first-order chi connectivity index (χ1) is 7.15. The smallest absolute Gasteiger partial charge is 0.123 e. The lowest BCUT2D eigenvalue weighted by molar-refractivity contribution is 0.187. The topological polar surface area (TPSA) is 41.5 Å². The SMILES string of the molecule is COc1ccccc1[C@@H](C)NC[C@H](C)O. The second-order valence-corrected chi connectivity index (χ2v) is 3.72. The molecule has 0 heterocycles. The van der Waals surface area contributed by atoms with Gasteiger partial charge in [-0.15, -0.1) is 0 Å². The highest BCUT2D eigenvalue weighted by atomic mass is 16.5. The lowest BCUT2D eigenvalue weighted by Gasteiger charge is -2.17. The maximum Gasteiger partial charge on any atom is 0.123 e. The van der Waals surface area contributed by atoms with Gasteiger partial charge in [-0.1, -0.05) is 18.2 Å². The second kappa shape index (κ2) is 5.73. The summed E-state index contributed by atoms with van der Waals surface area (Å²) in [6.45, 7) is 4.40. The van der Waals surface area contributed by atoms with Crippen molar-refractivity contribution in [2.45, 2.75) is 26.0 Å². The number of methoxy groups -OCH3 is 1. The van der Waals surface area contributed by atoms with Crippen LogP contribution in [0.1, 0.15) is 25.5 Å². The quantitative estimate of drug-likeness (QED) is 0.776. The molecule has 2 N–H and O–H groups in total. The molecule has 15 heavy (non-hydrogen) atoms. The Kier molecular flexibility index (Phi) is 4.59. The summed E-state index contributed by atoms with van der Waals surface area (Å²) in [4.78, 5) is 0. The minimum Gasteiger partial charge on any atom is -0.496 e. The van der Waals surface area contributed by atoms with Gasteiger partial charge in [0.2, 0.25) is 0 Å². The van der Waals surface area contributed by atoms with Gasteiger partial charge in [-0.2, -0.15) is 0 Å². The van der Waals surface area contributed by atoms with Crippen LogP contribution in [0.25, 0.3) is 0 Å². The first-order valence-electron chi connectivity index (χ1n) is 5.19. The Morgan fingerprint density at radius 1 is 1.33 bits per heavy atom. The molecule has 2 atom stereocenters. The largest absolute Gasteiger partial charge is 0.496 e. The van der Waals surface area contributed by atoms with Gasteiger partial charge in [-0.3, -0.25) is 0 Å². The van der Waals surface area contributed by atoms with E-state index < -0.39 is 0 Å². The summed E-state index contributed by atoms with van der Waals surface area (Å²) >= 11 is 0. The van der Waals surface area contributed by atoms with E-state index in [1.165, 1.54) is 0 Å². The average molecular weight is 209 g/mol. The number of hydrogen-bond acceptors (Lipinski definition) is 3. The molecule has 0 aromatic heterocycles. The van der Waals surface area contributed by atoms with Crippen LogP contribution in [0.3, 0.4) is 0 Å². The van der Waals surface area contributed by atoms with E-state index in [2.05, 4.69) is 12.2 Å². The Morgan fingerprint density at radius 3 is 2.60 bits per heavy atom. The van der Waals surface area contributed by atoms with Crippen molar-refractivity contribution in [2.24, 2.45) is 0 Å². The Hall–Kier alpha value is -1.06. The van der Waals surface area contributed by atoms with E-state index in [-0.39, 0.29) is 12.1 Å². The average Bonchev–Trinajstić information content (AvgIpc) is 2.25. The van der Waals surface area contributed by atoms with Crippen LogP contribution in [0.5, 0.6) is 5.75 Å². The van der Waals surface area contributed by atoms with Crippen LogP contribution in [-0.4, -0.2) is 24.9 Å². The van der Waals surface area contributed by atoms with Crippen LogP contribution in [0.2, 0.25) is 0 Å². The molecule has 1 aromatic carbocycles. The van der Waals surface area contributed by atoms with Gasteiger partial charge in [0, 0.05) is 18.2 Å². The van der Waals surface area contributed by atoms with Crippen LogP contribution >= 0.6 is 0 Å². The van der Waals surface area contributed by atoms with Gasteiger partial charge in [-0.25, -0.2) is 0 Å². The Morgan fingerprint density at radius 2 is 2.00 bits per heavy atom. The van der Waals surface area contributed by atoms with Crippen molar-refractivity contribution in [3.8, 4) is 5.75 Å². The van der Waals surface area contributed by atoms with Gasteiger partial charge in [-0.05, 0) is 19.9 Å². The minimum absolute atomic E-state index is 0.177. The molecule has 0 amide bonds. The molecule has 0 saturated heterocycles. The molecule has 1 aromatic rings. The summed E-state index contributed by atoms with van der Waals surface area (Å²) < 4.78 is 5.27. The molecular formula is C12H19NO2. The van der Waals surface area contributed by atoms with Crippen molar-refractivity contribution >= 4 is 0 Å². The number of para-hydroxylation sites is 1. The van der Waals surface area contributed by atoms with Gasteiger partial charge in [0.05, 0.1) is 13.2 Å². The highest BCUT2D eigenvalue weighted by molar-refractivity contribution is 5.35. The molecule has 0 spiro atoms. The van der Waals surface area contributed by atoms with Crippen molar-refractivity contribution in [1.82, 2.24) is 5.32 Å². The van der Waals surface area contributed by atoms with Crippen molar-refractivity contribution in [2.75, 3.05) is 13.7 Å². The number of aliphatic hydroxyl groups excluding tert-OH is 1. The first-order valence-corrected chi connectivity index (χ1v) is 5.19. The molecule has 0 aliphatic rings. The van der Waals surface area contributed by atoms with Gasteiger partial charge >= 0.3 is 0 Å². The summed E-state index contributed by atoms with van der Waals surface area (Å²) in [6, 6.07) is 8.08. The third kappa shape index (κ3) is 3.53. The van der Waals surface area contributed by atoms with Gasteiger partial charge in [0.15, 0.2) is 0 Å². The zero-order valence-corrected chi connectivity index (χ0v) is 9.53. The van der Waals surface area contributed by atoms with E-state index in [1.807, 2.05) is 24.3 Å². The van der Waals surface area contributed by atoms with Crippen molar-refractivity contribution in [3.63, 3.8) is 0 Å². The zero-order valence-electron chi connectivity index (χ0n) is 9.53. The number of aliphatic hydroxyl groups is 1. The fourth-order valence-corrected chi connectivity index (χ4v) is 1.48. The predicted octanol–water partition coefficient (Wildman–Crippen LogP) is 1.73. The maximum absolute atomic E-state index is 9.18. The summed E-state index contributed by atoms with van der Waals surface area (Å²) in [7, 11) is 1.67. The van der Waals surface area contributed by atoms with E-state index in [4.69, 9.17) is 4.74 Å². The Labute approximate surface area is 91.1 Å². The Balaban J connectivity index is 2.68. The molecule has 0 fully saturated rings. The molecule has 3 nitrogen and oxygen atoms in total. The van der Waals surface area contributed by atoms with Crippen molar-refractivity contribution in [3.05, 3.63) is 29.8 Å². The van der Waals surface area contributed by atoms with Gasteiger partial charge < -0.3 is 15.2 Å². The maximum atomic E-state index is 9.18. The molecular weight excluding hydrogens is 190 g/mol. The second-order valence-electron chi connectivity index (χ2n) is 3.72. The fraction of sp³-hybridized carbons (Fsp3) is 0.500. The van der Waals surface area contributed by atoms with Crippen LogP contribution in [0.4, 0.5) is 0 Å². The fourth-order valence-electron chi connectivity index (χ4n) is 1.48.